The van der Waals surface area contributed by atoms with E-state index in [0.29, 0.717) is 5.75 Å². The van der Waals surface area contributed by atoms with Gasteiger partial charge >= 0.3 is 0 Å². The number of hydrogen-bond acceptors (Lipinski definition) is 4. The predicted octanol–water partition coefficient (Wildman–Crippen LogP) is 1.58. The van der Waals surface area contributed by atoms with E-state index in [1.807, 2.05) is 12.3 Å². The van der Waals surface area contributed by atoms with Crippen molar-refractivity contribution in [3.05, 3.63) is 16.1 Å². The standard InChI is InChI=1S/C6H9N3S2/c1-4-2-10-5(9-4)3-11-6(7)8/h2H,3H2,1H3,(H3,7,8). The molecule has 0 bridgehead atoms. The van der Waals surface area contributed by atoms with Crippen molar-refractivity contribution in [3.63, 3.8) is 0 Å². The second kappa shape index (κ2) is 3.73. The van der Waals surface area contributed by atoms with E-state index >= 15 is 0 Å². The smallest absolute Gasteiger partial charge is 0.151 e. The predicted molar refractivity (Wildman–Crippen MR) is 50.1 cm³/mol. The molecule has 1 aromatic heterocycles. The molecule has 1 rings (SSSR count). The molecular weight excluding hydrogens is 178 g/mol. The summed E-state index contributed by atoms with van der Waals surface area (Å²) in [6.07, 6.45) is 0. The number of nitrogens with zero attached hydrogens (tertiary/aromatic N) is 1. The topological polar surface area (TPSA) is 62.8 Å². The van der Waals surface area contributed by atoms with Gasteiger partial charge in [-0.25, -0.2) is 4.98 Å². The Morgan fingerprint density at radius 1 is 1.91 bits per heavy atom. The van der Waals surface area contributed by atoms with E-state index in [1.54, 1.807) is 11.3 Å². The van der Waals surface area contributed by atoms with E-state index in [2.05, 4.69) is 4.98 Å². The van der Waals surface area contributed by atoms with Crippen molar-refractivity contribution < 1.29 is 0 Å². The fourth-order valence-corrected chi connectivity index (χ4v) is 1.96. The van der Waals surface area contributed by atoms with Gasteiger partial charge in [-0.2, -0.15) is 0 Å². The zero-order valence-electron chi connectivity index (χ0n) is 6.13. The van der Waals surface area contributed by atoms with Gasteiger partial charge in [-0.15, -0.1) is 11.3 Å². The molecule has 0 aliphatic carbocycles. The Hall–Kier alpha value is -0.550. The maximum atomic E-state index is 6.97. The Morgan fingerprint density at radius 2 is 2.64 bits per heavy atom. The number of nitrogens with two attached hydrogens (primary N) is 1. The average Bonchev–Trinajstić information content (AvgIpc) is 2.31. The minimum Gasteiger partial charge on any atom is -0.379 e. The zero-order valence-corrected chi connectivity index (χ0v) is 7.76. The van der Waals surface area contributed by atoms with Crippen molar-refractivity contribution in [1.29, 1.82) is 5.41 Å². The lowest BCUT2D eigenvalue weighted by molar-refractivity contribution is 1.19. The van der Waals surface area contributed by atoms with Gasteiger partial charge in [0, 0.05) is 11.1 Å². The van der Waals surface area contributed by atoms with E-state index in [-0.39, 0.29) is 5.17 Å². The molecule has 0 saturated heterocycles. The van der Waals surface area contributed by atoms with Gasteiger partial charge in [0.2, 0.25) is 0 Å². The minimum absolute atomic E-state index is 0.151. The quantitative estimate of drug-likeness (QED) is 0.546. The fourth-order valence-electron chi connectivity index (χ4n) is 0.608. The van der Waals surface area contributed by atoms with Gasteiger partial charge < -0.3 is 5.73 Å². The molecule has 0 unspecified atom stereocenters. The normalized spacial score (nSPS) is 9.91. The molecule has 1 aromatic rings. The number of thioether (sulfide) groups is 1. The van der Waals surface area contributed by atoms with Crippen LogP contribution in [0.3, 0.4) is 0 Å². The van der Waals surface area contributed by atoms with Crippen molar-refractivity contribution in [2.45, 2.75) is 12.7 Å². The molecular formula is C6H9N3S2. The van der Waals surface area contributed by atoms with Crippen LogP contribution in [-0.2, 0) is 5.75 Å². The van der Waals surface area contributed by atoms with Crippen LogP contribution in [0, 0.1) is 12.3 Å². The Labute approximate surface area is 73.5 Å². The molecule has 11 heavy (non-hydrogen) atoms. The van der Waals surface area contributed by atoms with Gasteiger partial charge in [0.25, 0.3) is 0 Å². The third-order valence-electron chi connectivity index (χ3n) is 1.02. The third kappa shape index (κ3) is 2.90. The monoisotopic (exact) mass is 187 g/mol. The second-order valence-electron chi connectivity index (χ2n) is 2.04. The molecule has 0 aliphatic heterocycles. The number of aryl methyl sites for hydroxylation is 1. The fraction of sp³-hybridized carbons (Fsp3) is 0.333. The molecule has 3 nitrogen and oxygen atoms in total. The molecule has 5 heteroatoms. The van der Waals surface area contributed by atoms with Gasteiger partial charge in [0.1, 0.15) is 5.01 Å². The van der Waals surface area contributed by atoms with Crippen molar-refractivity contribution in [2.75, 3.05) is 0 Å². The summed E-state index contributed by atoms with van der Waals surface area (Å²) in [6, 6.07) is 0. The second-order valence-corrected chi connectivity index (χ2v) is 4.00. The summed E-state index contributed by atoms with van der Waals surface area (Å²) in [7, 11) is 0. The molecule has 0 aromatic carbocycles. The average molecular weight is 187 g/mol. The van der Waals surface area contributed by atoms with Crippen molar-refractivity contribution in [3.8, 4) is 0 Å². The van der Waals surface area contributed by atoms with Gasteiger partial charge in [-0.05, 0) is 6.92 Å². The maximum absolute atomic E-state index is 6.97. The van der Waals surface area contributed by atoms with Crippen LogP contribution in [0.2, 0.25) is 0 Å². The lowest BCUT2D eigenvalue weighted by atomic mass is 10.6. The molecule has 0 atom stereocenters. The van der Waals surface area contributed by atoms with Crippen LogP contribution in [0.15, 0.2) is 5.38 Å². The van der Waals surface area contributed by atoms with E-state index < -0.39 is 0 Å². The number of hydrogen-bond donors (Lipinski definition) is 2. The van der Waals surface area contributed by atoms with E-state index in [9.17, 15) is 0 Å². The highest BCUT2D eigenvalue weighted by atomic mass is 32.2. The van der Waals surface area contributed by atoms with Crippen molar-refractivity contribution >= 4 is 28.3 Å². The van der Waals surface area contributed by atoms with Crippen molar-refractivity contribution in [1.82, 2.24) is 4.98 Å². The first-order valence-corrected chi connectivity index (χ1v) is 4.93. The number of thiazole rings is 1. The van der Waals surface area contributed by atoms with Crippen LogP contribution in [0.1, 0.15) is 10.7 Å². The highest BCUT2D eigenvalue weighted by Gasteiger charge is 1.98. The zero-order chi connectivity index (χ0) is 8.27. The van der Waals surface area contributed by atoms with Crippen LogP contribution in [0.25, 0.3) is 0 Å². The third-order valence-corrected chi connectivity index (χ3v) is 2.90. The minimum atomic E-state index is 0.151. The molecule has 0 amide bonds. The molecule has 0 saturated carbocycles. The summed E-state index contributed by atoms with van der Waals surface area (Å²) in [6.45, 7) is 1.96. The summed E-state index contributed by atoms with van der Waals surface area (Å²) in [4.78, 5) is 4.23. The Bertz CT molecular complexity index is 256. The molecule has 3 N–H and O–H groups in total. The first-order valence-electron chi connectivity index (χ1n) is 3.06. The number of amidine groups is 1. The highest BCUT2D eigenvalue weighted by molar-refractivity contribution is 8.13. The van der Waals surface area contributed by atoms with E-state index in [4.69, 9.17) is 11.1 Å². The summed E-state index contributed by atoms with van der Waals surface area (Å²) in [5.41, 5.74) is 6.21. The molecule has 0 spiro atoms. The van der Waals surface area contributed by atoms with Gasteiger partial charge in [-0.3, -0.25) is 5.41 Å². The van der Waals surface area contributed by atoms with Crippen LogP contribution >= 0.6 is 23.1 Å². The van der Waals surface area contributed by atoms with Crippen LogP contribution in [0.4, 0.5) is 0 Å². The number of nitrogens with one attached hydrogen (secondary N) is 1. The van der Waals surface area contributed by atoms with Gasteiger partial charge in [0.05, 0.1) is 5.75 Å². The first kappa shape index (κ1) is 8.55. The number of aromatic nitrogens is 1. The Balaban J connectivity index is 2.45. The lowest BCUT2D eigenvalue weighted by Gasteiger charge is -1.92. The van der Waals surface area contributed by atoms with E-state index in [0.717, 1.165) is 10.7 Å². The van der Waals surface area contributed by atoms with Gasteiger partial charge in [0.15, 0.2) is 5.17 Å². The van der Waals surface area contributed by atoms with Crippen molar-refractivity contribution in [2.24, 2.45) is 5.73 Å². The van der Waals surface area contributed by atoms with Crippen LogP contribution in [0.5, 0.6) is 0 Å². The summed E-state index contributed by atoms with van der Waals surface area (Å²) in [5, 5.41) is 10.1. The molecule has 0 fully saturated rings. The summed E-state index contributed by atoms with van der Waals surface area (Å²) >= 11 is 2.91. The van der Waals surface area contributed by atoms with Gasteiger partial charge in [-0.1, -0.05) is 11.8 Å². The van der Waals surface area contributed by atoms with Crippen LogP contribution in [-0.4, -0.2) is 10.2 Å². The molecule has 1 heterocycles. The summed E-state index contributed by atoms with van der Waals surface area (Å²) in [5.74, 6) is 0.716. The maximum Gasteiger partial charge on any atom is 0.151 e. The van der Waals surface area contributed by atoms with E-state index in [1.165, 1.54) is 11.8 Å². The SMILES string of the molecule is Cc1csc(CSC(=N)N)n1. The lowest BCUT2D eigenvalue weighted by Crippen LogP contribution is -2.03. The highest BCUT2D eigenvalue weighted by Crippen LogP contribution is 2.15. The molecule has 0 radical (unpaired) electrons. The largest absolute Gasteiger partial charge is 0.379 e. The summed E-state index contributed by atoms with van der Waals surface area (Å²) < 4.78 is 0. The first-order chi connectivity index (χ1) is 5.18. The number of rotatable bonds is 2. The Kier molecular flexibility index (Phi) is 2.90. The Morgan fingerprint density at radius 3 is 3.09 bits per heavy atom. The molecule has 0 aliphatic rings. The van der Waals surface area contributed by atoms with Crippen LogP contribution < -0.4 is 5.73 Å². The molecule has 60 valence electrons.